The highest BCUT2D eigenvalue weighted by molar-refractivity contribution is 7.11. The van der Waals surface area contributed by atoms with Gasteiger partial charge in [-0.2, -0.15) is 0 Å². The maximum Gasteiger partial charge on any atom is 0.264 e. The Kier molecular flexibility index (Phi) is 4.24. The van der Waals surface area contributed by atoms with Gasteiger partial charge < -0.3 is 9.64 Å². The van der Waals surface area contributed by atoms with Gasteiger partial charge in [-0.3, -0.25) is 9.69 Å². The van der Waals surface area contributed by atoms with Crippen molar-refractivity contribution in [2.75, 3.05) is 26.2 Å². The van der Waals surface area contributed by atoms with Gasteiger partial charge in [0.15, 0.2) is 6.10 Å². The van der Waals surface area contributed by atoms with Gasteiger partial charge in [-0.25, -0.2) is 4.98 Å². The van der Waals surface area contributed by atoms with Crippen molar-refractivity contribution in [1.82, 2.24) is 14.8 Å². The van der Waals surface area contributed by atoms with Crippen LogP contribution < -0.4 is 4.74 Å². The average molecular weight is 343 g/mol. The fraction of sp³-hybridized carbons (Fsp3) is 0.444. The van der Waals surface area contributed by atoms with Crippen LogP contribution in [0.4, 0.5) is 0 Å². The van der Waals surface area contributed by atoms with Crippen LogP contribution in [-0.2, 0) is 17.8 Å². The summed E-state index contributed by atoms with van der Waals surface area (Å²) in [6, 6.07) is 7.93. The SMILES string of the molecule is Cc1ncc(CN2CCN(C(=O)C3Cc4ccccc4O3)CC2)s1. The molecule has 6 heteroatoms. The van der Waals surface area contributed by atoms with Gasteiger partial charge in [0, 0.05) is 50.2 Å². The molecule has 0 aliphatic carbocycles. The molecule has 4 rings (SSSR count). The second kappa shape index (κ2) is 6.53. The molecule has 3 heterocycles. The summed E-state index contributed by atoms with van der Waals surface area (Å²) in [5, 5.41) is 1.11. The molecule has 2 aliphatic heterocycles. The third kappa shape index (κ3) is 3.16. The number of ether oxygens (including phenoxy) is 1. The zero-order valence-corrected chi connectivity index (χ0v) is 14.6. The van der Waals surface area contributed by atoms with E-state index < -0.39 is 0 Å². The van der Waals surface area contributed by atoms with E-state index in [2.05, 4.69) is 9.88 Å². The lowest BCUT2D eigenvalue weighted by atomic mass is 10.1. The van der Waals surface area contributed by atoms with Crippen molar-refractivity contribution in [3.8, 4) is 5.75 Å². The van der Waals surface area contributed by atoms with Crippen LogP contribution in [0.5, 0.6) is 5.75 Å². The number of piperazine rings is 1. The Morgan fingerprint density at radius 3 is 2.79 bits per heavy atom. The van der Waals surface area contributed by atoms with Crippen LogP contribution in [0.3, 0.4) is 0 Å². The molecule has 1 aromatic heterocycles. The molecule has 1 fully saturated rings. The van der Waals surface area contributed by atoms with E-state index in [0.717, 1.165) is 49.0 Å². The number of hydrogen-bond donors (Lipinski definition) is 0. The minimum Gasteiger partial charge on any atom is -0.480 e. The number of carbonyl (C=O) groups is 1. The number of benzene rings is 1. The first kappa shape index (κ1) is 15.6. The van der Waals surface area contributed by atoms with E-state index in [9.17, 15) is 4.79 Å². The first-order chi connectivity index (χ1) is 11.7. The Labute approximate surface area is 145 Å². The van der Waals surface area contributed by atoms with Crippen molar-refractivity contribution in [2.24, 2.45) is 0 Å². The summed E-state index contributed by atoms with van der Waals surface area (Å²) in [6.45, 7) is 6.31. The predicted octanol–water partition coefficient (Wildman–Crippen LogP) is 2.10. The zero-order valence-electron chi connectivity index (χ0n) is 13.8. The highest BCUT2D eigenvalue weighted by atomic mass is 32.1. The van der Waals surface area contributed by atoms with Crippen LogP contribution >= 0.6 is 11.3 Å². The van der Waals surface area contributed by atoms with E-state index in [1.807, 2.05) is 42.3 Å². The molecule has 2 aromatic rings. The first-order valence-electron chi connectivity index (χ1n) is 8.36. The molecular formula is C18H21N3O2S. The van der Waals surface area contributed by atoms with Crippen molar-refractivity contribution in [3.05, 3.63) is 45.9 Å². The van der Waals surface area contributed by atoms with E-state index in [0.29, 0.717) is 6.42 Å². The number of amides is 1. The Balaban J connectivity index is 1.31. The van der Waals surface area contributed by atoms with Crippen LogP contribution in [0.2, 0.25) is 0 Å². The van der Waals surface area contributed by atoms with Crippen LogP contribution in [0.25, 0.3) is 0 Å². The number of rotatable bonds is 3. The summed E-state index contributed by atoms with van der Waals surface area (Å²) < 4.78 is 5.84. The third-order valence-corrected chi connectivity index (χ3v) is 5.55. The highest BCUT2D eigenvalue weighted by Crippen LogP contribution is 2.29. The van der Waals surface area contributed by atoms with Gasteiger partial charge in [0.2, 0.25) is 0 Å². The van der Waals surface area contributed by atoms with Crippen LogP contribution in [0.15, 0.2) is 30.5 Å². The van der Waals surface area contributed by atoms with E-state index in [1.54, 1.807) is 11.3 Å². The topological polar surface area (TPSA) is 45.7 Å². The lowest BCUT2D eigenvalue weighted by Gasteiger charge is -2.35. The van der Waals surface area contributed by atoms with Gasteiger partial charge in [0.05, 0.1) is 5.01 Å². The van der Waals surface area contributed by atoms with Gasteiger partial charge in [-0.05, 0) is 18.6 Å². The normalized spacial score (nSPS) is 20.7. The van der Waals surface area contributed by atoms with Crippen molar-refractivity contribution in [2.45, 2.75) is 26.0 Å². The van der Waals surface area contributed by atoms with Gasteiger partial charge in [0.25, 0.3) is 5.91 Å². The summed E-state index contributed by atoms with van der Waals surface area (Å²) in [5.74, 6) is 0.981. The molecule has 0 saturated carbocycles. The molecule has 1 atom stereocenters. The largest absolute Gasteiger partial charge is 0.480 e. The van der Waals surface area contributed by atoms with Gasteiger partial charge in [-0.1, -0.05) is 18.2 Å². The minimum atomic E-state index is -0.349. The van der Waals surface area contributed by atoms with Crippen molar-refractivity contribution in [3.63, 3.8) is 0 Å². The quantitative estimate of drug-likeness (QED) is 0.856. The Hall–Kier alpha value is -1.92. The number of aromatic nitrogens is 1. The molecular weight excluding hydrogens is 322 g/mol. The first-order valence-corrected chi connectivity index (χ1v) is 9.18. The maximum atomic E-state index is 12.7. The van der Waals surface area contributed by atoms with Gasteiger partial charge >= 0.3 is 0 Å². The molecule has 0 bridgehead atoms. The van der Waals surface area contributed by atoms with E-state index in [-0.39, 0.29) is 12.0 Å². The number of para-hydroxylation sites is 1. The summed E-state index contributed by atoms with van der Waals surface area (Å²) in [6.07, 6.45) is 2.30. The van der Waals surface area contributed by atoms with E-state index >= 15 is 0 Å². The molecule has 0 spiro atoms. The number of thiazole rings is 1. The molecule has 0 radical (unpaired) electrons. The summed E-state index contributed by atoms with van der Waals surface area (Å²) in [4.78, 5) is 22.7. The minimum absolute atomic E-state index is 0.125. The fourth-order valence-electron chi connectivity index (χ4n) is 3.35. The summed E-state index contributed by atoms with van der Waals surface area (Å²) in [5.41, 5.74) is 1.13. The smallest absolute Gasteiger partial charge is 0.264 e. The molecule has 1 amide bonds. The number of carbonyl (C=O) groups excluding carboxylic acids is 1. The predicted molar refractivity (Wildman–Crippen MR) is 93.3 cm³/mol. The standard InChI is InChI=1S/C18H21N3O2S/c1-13-19-11-15(24-13)12-20-6-8-21(9-7-20)18(22)17-10-14-4-2-3-5-16(14)23-17/h2-5,11,17H,6-10,12H2,1H3. The lowest BCUT2D eigenvalue weighted by molar-refractivity contribution is -0.139. The molecule has 0 N–H and O–H groups in total. The van der Waals surface area contributed by atoms with E-state index in [1.165, 1.54) is 4.88 Å². The van der Waals surface area contributed by atoms with Crippen molar-refractivity contribution in [1.29, 1.82) is 0 Å². The van der Waals surface area contributed by atoms with Crippen LogP contribution in [0, 0.1) is 6.92 Å². The molecule has 5 nitrogen and oxygen atoms in total. The summed E-state index contributed by atoms with van der Waals surface area (Å²) >= 11 is 1.75. The average Bonchev–Trinajstić information content (AvgIpc) is 3.21. The number of hydrogen-bond acceptors (Lipinski definition) is 5. The number of nitrogens with zero attached hydrogens (tertiary/aromatic N) is 3. The zero-order chi connectivity index (χ0) is 16.5. The molecule has 1 aromatic carbocycles. The second-order valence-corrected chi connectivity index (χ2v) is 7.68. The fourth-order valence-corrected chi connectivity index (χ4v) is 4.19. The highest BCUT2D eigenvalue weighted by Gasteiger charge is 2.33. The van der Waals surface area contributed by atoms with Crippen molar-refractivity contribution < 1.29 is 9.53 Å². The van der Waals surface area contributed by atoms with Gasteiger partial charge in [0.1, 0.15) is 5.75 Å². The number of aryl methyl sites for hydroxylation is 1. The molecule has 24 heavy (non-hydrogen) atoms. The maximum absolute atomic E-state index is 12.7. The Morgan fingerprint density at radius 2 is 2.08 bits per heavy atom. The second-order valence-electron chi connectivity index (χ2n) is 6.37. The van der Waals surface area contributed by atoms with Gasteiger partial charge in [-0.15, -0.1) is 11.3 Å². The lowest BCUT2D eigenvalue weighted by Crippen LogP contribution is -2.51. The number of fused-ring (bicyclic) bond motifs is 1. The third-order valence-electron chi connectivity index (χ3n) is 4.66. The molecule has 1 unspecified atom stereocenters. The van der Waals surface area contributed by atoms with Crippen LogP contribution in [-0.4, -0.2) is 53.0 Å². The van der Waals surface area contributed by atoms with Crippen molar-refractivity contribution >= 4 is 17.2 Å². The molecule has 1 saturated heterocycles. The molecule has 126 valence electrons. The monoisotopic (exact) mass is 343 g/mol. The van der Waals surface area contributed by atoms with Crippen LogP contribution in [0.1, 0.15) is 15.4 Å². The summed E-state index contributed by atoms with van der Waals surface area (Å²) in [7, 11) is 0. The Bertz CT molecular complexity index is 712. The Morgan fingerprint density at radius 1 is 1.29 bits per heavy atom. The molecule has 2 aliphatic rings. The van der Waals surface area contributed by atoms with E-state index in [4.69, 9.17) is 4.74 Å².